The van der Waals surface area contributed by atoms with E-state index in [1.807, 2.05) is 0 Å². The molecular weight excluding hydrogens is 496 g/mol. The van der Waals surface area contributed by atoms with Gasteiger partial charge in [-0.1, -0.05) is 0 Å². The van der Waals surface area contributed by atoms with E-state index in [-0.39, 0.29) is 38.2 Å². The quantitative estimate of drug-likeness (QED) is 0.0451. The average Bonchev–Trinajstić information content (AvgIpc) is 2.76. The number of carboxylic acid groups (broad SMARTS) is 1. The van der Waals surface area contributed by atoms with Gasteiger partial charge in [-0.2, -0.15) is 0 Å². The van der Waals surface area contributed by atoms with E-state index in [1.54, 1.807) is 0 Å². The monoisotopic (exact) mass is 530 g/mol. The Morgan fingerprint density at radius 3 is 1.62 bits per heavy atom. The summed E-state index contributed by atoms with van der Waals surface area (Å²) in [6.07, 6.45) is -1.84. The van der Waals surface area contributed by atoms with Crippen LogP contribution in [0.3, 0.4) is 0 Å². The molecule has 16 N–H and O–H groups in total. The van der Waals surface area contributed by atoms with E-state index in [0.29, 0.717) is 0 Å². The van der Waals surface area contributed by atoms with Gasteiger partial charge in [-0.05, 0) is 19.3 Å². The average molecular weight is 531 g/mol. The topological polar surface area (TPSA) is 344 Å². The van der Waals surface area contributed by atoms with Crippen LogP contribution in [0.4, 0.5) is 0 Å². The van der Waals surface area contributed by atoms with E-state index < -0.39 is 78.4 Å². The Balaban J connectivity index is 5.72. The molecule has 0 saturated heterocycles. The SMILES string of the molecule is NC(=O)CCC(NC(=O)C(CCCN=C(N)N)NC(=O)C(N)CC(N)=O)C(=O)NC(CC(N)=O)C(=O)O. The molecule has 0 spiro atoms. The van der Waals surface area contributed by atoms with Crippen molar-refractivity contribution in [1.29, 1.82) is 0 Å². The first-order chi connectivity index (χ1) is 17.1. The highest BCUT2D eigenvalue weighted by molar-refractivity contribution is 5.95. The summed E-state index contributed by atoms with van der Waals surface area (Å²) in [6, 6.07) is -5.89. The van der Waals surface area contributed by atoms with Crippen molar-refractivity contribution < 1.29 is 38.7 Å². The zero-order valence-electron chi connectivity index (χ0n) is 20.0. The Hall–Kier alpha value is -4.48. The van der Waals surface area contributed by atoms with Gasteiger partial charge in [-0.3, -0.25) is 33.8 Å². The van der Waals surface area contributed by atoms with Gasteiger partial charge in [0.05, 0.1) is 18.9 Å². The molecule has 0 rings (SSSR count). The zero-order chi connectivity index (χ0) is 28.7. The van der Waals surface area contributed by atoms with Gasteiger partial charge in [0, 0.05) is 13.0 Å². The van der Waals surface area contributed by atoms with Gasteiger partial charge in [0.15, 0.2) is 5.96 Å². The lowest BCUT2D eigenvalue weighted by molar-refractivity contribution is -0.144. The van der Waals surface area contributed by atoms with Gasteiger partial charge < -0.3 is 55.5 Å². The maximum absolute atomic E-state index is 13.0. The first-order valence-electron chi connectivity index (χ1n) is 10.9. The minimum atomic E-state index is -1.71. The largest absolute Gasteiger partial charge is 0.480 e. The second-order valence-electron chi connectivity index (χ2n) is 7.92. The van der Waals surface area contributed by atoms with E-state index in [2.05, 4.69) is 20.9 Å². The Labute approximate surface area is 211 Å². The van der Waals surface area contributed by atoms with Crippen LogP contribution in [0.15, 0.2) is 4.99 Å². The molecule has 0 bridgehead atoms. The van der Waals surface area contributed by atoms with Crippen molar-refractivity contribution in [3.8, 4) is 0 Å². The lowest BCUT2D eigenvalue weighted by atomic mass is 10.1. The highest BCUT2D eigenvalue weighted by Gasteiger charge is 2.31. The highest BCUT2D eigenvalue weighted by Crippen LogP contribution is 2.05. The van der Waals surface area contributed by atoms with Crippen molar-refractivity contribution in [2.45, 2.75) is 62.7 Å². The molecule has 4 unspecified atom stereocenters. The molecule has 18 nitrogen and oxygen atoms in total. The number of hydrogen-bond donors (Lipinski definition) is 10. The number of carbonyl (C=O) groups excluding carboxylic acids is 6. The molecule has 18 heteroatoms. The summed E-state index contributed by atoms with van der Waals surface area (Å²) in [6.45, 7) is 0.0777. The van der Waals surface area contributed by atoms with Gasteiger partial charge in [0.1, 0.15) is 18.1 Å². The summed E-state index contributed by atoms with van der Waals surface area (Å²) in [5.74, 6) is -7.34. The number of hydrogen-bond acceptors (Lipinski definition) is 9. The van der Waals surface area contributed by atoms with Crippen LogP contribution in [0.5, 0.6) is 0 Å². The molecule has 0 aromatic rings. The van der Waals surface area contributed by atoms with E-state index in [1.165, 1.54) is 0 Å². The first kappa shape index (κ1) is 32.5. The number of nitrogens with zero attached hydrogens (tertiary/aromatic N) is 1. The van der Waals surface area contributed by atoms with Gasteiger partial charge in [-0.15, -0.1) is 0 Å². The Morgan fingerprint density at radius 1 is 0.676 bits per heavy atom. The van der Waals surface area contributed by atoms with Crippen LogP contribution in [-0.4, -0.2) is 83.2 Å². The maximum atomic E-state index is 13.0. The number of guanidine groups is 1. The summed E-state index contributed by atoms with van der Waals surface area (Å²) >= 11 is 0. The number of carboxylic acids is 1. The number of amides is 6. The van der Waals surface area contributed by atoms with Crippen molar-refractivity contribution in [1.82, 2.24) is 16.0 Å². The molecule has 4 atom stereocenters. The molecule has 0 aromatic heterocycles. The molecule has 0 fully saturated rings. The van der Waals surface area contributed by atoms with Gasteiger partial charge in [0.2, 0.25) is 35.4 Å². The molecule has 0 saturated carbocycles. The molecule has 0 aliphatic heterocycles. The van der Waals surface area contributed by atoms with E-state index in [4.69, 9.17) is 34.4 Å². The van der Waals surface area contributed by atoms with Gasteiger partial charge in [0.25, 0.3) is 0 Å². The van der Waals surface area contributed by atoms with E-state index in [9.17, 15) is 38.7 Å². The molecule has 0 radical (unpaired) electrons. The fourth-order valence-electron chi connectivity index (χ4n) is 2.86. The van der Waals surface area contributed by atoms with Gasteiger partial charge >= 0.3 is 5.97 Å². The number of carbonyl (C=O) groups is 7. The normalized spacial score (nSPS) is 13.6. The lowest BCUT2D eigenvalue weighted by Gasteiger charge is -2.25. The fraction of sp³-hybridized carbons (Fsp3) is 0.579. The van der Waals surface area contributed by atoms with Crippen LogP contribution in [-0.2, 0) is 33.6 Å². The molecule has 0 aromatic carbocycles. The Morgan fingerprint density at radius 2 is 1.16 bits per heavy atom. The number of rotatable bonds is 18. The minimum Gasteiger partial charge on any atom is -0.480 e. The summed E-state index contributed by atoms with van der Waals surface area (Å²) in [7, 11) is 0. The maximum Gasteiger partial charge on any atom is 0.326 e. The molecular formula is C19H34N10O8. The third-order valence-electron chi connectivity index (χ3n) is 4.67. The third-order valence-corrected chi connectivity index (χ3v) is 4.67. The minimum absolute atomic E-state index is 0.0543. The molecule has 208 valence electrons. The molecule has 37 heavy (non-hydrogen) atoms. The standard InChI is InChI=1S/C19H34N10O8/c20-8(6-13(22)31)15(33)27-9(2-1-5-26-19(24)25)16(34)28-10(3-4-12(21)30)17(35)29-11(18(36)37)7-14(23)32/h8-11H,1-7,20H2,(H2,21,30)(H2,22,31)(H2,23,32)(H,27,33)(H,28,34)(H,29,35)(H,36,37)(H4,24,25,26). The number of nitrogens with one attached hydrogen (secondary N) is 3. The summed E-state index contributed by atoms with van der Waals surface area (Å²) in [4.78, 5) is 86.5. The Bertz CT molecular complexity index is 905. The van der Waals surface area contributed by atoms with Crippen LogP contribution in [0.25, 0.3) is 0 Å². The van der Waals surface area contributed by atoms with Crippen LogP contribution < -0.4 is 50.4 Å². The molecule has 6 amide bonds. The van der Waals surface area contributed by atoms with Crippen LogP contribution in [0, 0.1) is 0 Å². The predicted molar refractivity (Wildman–Crippen MR) is 127 cm³/mol. The Kier molecular flexibility index (Phi) is 14.3. The first-order valence-corrected chi connectivity index (χ1v) is 10.9. The summed E-state index contributed by atoms with van der Waals surface area (Å²) in [5, 5.41) is 15.9. The van der Waals surface area contributed by atoms with E-state index in [0.717, 1.165) is 0 Å². The van der Waals surface area contributed by atoms with Crippen molar-refractivity contribution in [2.75, 3.05) is 6.54 Å². The number of primary amides is 3. The zero-order valence-corrected chi connectivity index (χ0v) is 20.0. The van der Waals surface area contributed by atoms with Crippen LogP contribution in [0.2, 0.25) is 0 Å². The second-order valence-corrected chi connectivity index (χ2v) is 7.92. The van der Waals surface area contributed by atoms with Crippen molar-refractivity contribution in [3.63, 3.8) is 0 Å². The number of aliphatic carboxylic acids is 1. The molecule has 0 aliphatic rings. The number of aliphatic imine (C=N–C) groups is 1. The predicted octanol–water partition coefficient (Wildman–Crippen LogP) is -6.08. The summed E-state index contributed by atoms with van der Waals surface area (Å²) < 4.78 is 0. The van der Waals surface area contributed by atoms with Gasteiger partial charge in [-0.25, -0.2) is 4.79 Å². The van der Waals surface area contributed by atoms with Crippen molar-refractivity contribution in [3.05, 3.63) is 0 Å². The summed E-state index contributed by atoms with van der Waals surface area (Å²) in [5.41, 5.74) is 31.2. The molecule has 0 aliphatic carbocycles. The second kappa shape index (κ2) is 16.2. The van der Waals surface area contributed by atoms with Crippen LogP contribution in [0.1, 0.15) is 38.5 Å². The van der Waals surface area contributed by atoms with E-state index >= 15 is 0 Å². The molecule has 0 heterocycles. The highest BCUT2D eigenvalue weighted by atomic mass is 16.4. The van der Waals surface area contributed by atoms with Crippen molar-refractivity contribution in [2.24, 2.45) is 39.4 Å². The third kappa shape index (κ3) is 14.5. The van der Waals surface area contributed by atoms with Crippen molar-refractivity contribution >= 4 is 47.4 Å². The fourth-order valence-corrected chi connectivity index (χ4v) is 2.86. The number of nitrogens with two attached hydrogens (primary N) is 6. The lowest BCUT2D eigenvalue weighted by Crippen LogP contribution is -2.57. The van der Waals surface area contributed by atoms with Crippen LogP contribution >= 0.6 is 0 Å². The smallest absolute Gasteiger partial charge is 0.326 e.